The molecule has 0 heterocycles. The summed E-state index contributed by atoms with van der Waals surface area (Å²) in [6.07, 6.45) is 9.30. The zero-order valence-electron chi connectivity index (χ0n) is 15.2. The van der Waals surface area contributed by atoms with Crippen LogP contribution in [0.3, 0.4) is 0 Å². The molecule has 0 aromatic heterocycles. The summed E-state index contributed by atoms with van der Waals surface area (Å²) in [7, 11) is 4.37. The monoisotopic (exact) mass is 328 g/mol. The average Bonchev–Trinajstić information content (AvgIpc) is 3.12. The first-order valence-electron chi connectivity index (χ1n) is 9.67. The molecule has 1 atom stereocenters. The van der Waals surface area contributed by atoms with Gasteiger partial charge in [-0.3, -0.25) is 4.79 Å². The lowest BCUT2D eigenvalue weighted by Gasteiger charge is -2.38. The number of hydrogen-bond acceptors (Lipinski definition) is 2. The van der Waals surface area contributed by atoms with Gasteiger partial charge in [0, 0.05) is 18.0 Å². The van der Waals surface area contributed by atoms with Crippen LogP contribution < -0.4 is 5.32 Å². The molecule has 1 N–H and O–H groups in total. The molecule has 3 heteroatoms. The molecule has 2 fully saturated rings. The zero-order valence-corrected chi connectivity index (χ0v) is 15.2. The third kappa shape index (κ3) is 4.18. The largest absolute Gasteiger partial charge is 0.353 e. The molecule has 1 unspecified atom stereocenters. The van der Waals surface area contributed by atoms with Crippen LogP contribution in [0.25, 0.3) is 0 Å². The normalized spacial score (nSPS) is 26.5. The van der Waals surface area contributed by atoms with E-state index in [0.29, 0.717) is 29.8 Å². The molecule has 0 bridgehead atoms. The molecule has 3 nitrogen and oxygen atoms in total. The standard InChI is InChI=1S/C21H32N2O/c1-23(2)20(16-8-4-3-5-9-16)17-12-14-19(15-13-17)22-21(24)18-10-6-7-11-18/h3-5,8-9,17-20H,6-7,10-15H2,1-2H3,(H,22,24). The van der Waals surface area contributed by atoms with Gasteiger partial charge < -0.3 is 10.2 Å². The molecule has 132 valence electrons. The molecule has 0 spiro atoms. The van der Waals surface area contributed by atoms with Crippen molar-refractivity contribution in [1.82, 2.24) is 10.2 Å². The first-order chi connectivity index (χ1) is 11.6. The molecule has 0 aliphatic heterocycles. The Hall–Kier alpha value is -1.35. The predicted molar refractivity (Wildman–Crippen MR) is 98.7 cm³/mol. The van der Waals surface area contributed by atoms with E-state index < -0.39 is 0 Å². The third-order valence-electron chi connectivity index (χ3n) is 5.99. The second-order valence-electron chi connectivity index (χ2n) is 7.92. The van der Waals surface area contributed by atoms with Gasteiger partial charge in [-0.1, -0.05) is 43.2 Å². The Morgan fingerprint density at radius 1 is 1.00 bits per heavy atom. The summed E-state index contributed by atoms with van der Waals surface area (Å²) in [4.78, 5) is 14.7. The van der Waals surface area contributed by atoms with Crippen LogP contribution in [0.2, 0.25) is 0 Å². The quantitative estimate of drug-likeness (QED) is 0.880. The number of carbonyl (C=O) groups excluding carboxylic acids is 1. The predicted octanol–water partition coefficient (Wildman–Crippen LogP) is 4.15. The first kappa shape index (κ1) is 17.5. The summed E-state index contributed by atoms with van der Waals surface area (Å²) in [5, 5.41) is 3.34. The molecule has 2 aliphatic carbocycles. The number of nitrogens with zero attached hydrogens (tertiary/aromatic N) is 1. The van der Waals surface area contributed by atoms with Crippen LogP contribution in [0.5, 0.6) is 0 Å². The van der Waals surface area contributed by atoms with Gasteiger partial charge in [0.25, 0.3) is 0 Å². The van der Waals surface area contributed by atoms with Gasteiger partial charge in [-0.05, 0) is 64.1 Å². The lowest BCUT2D eigenvalue weighted by molar-refractivity contribution is -0.125. The van der Waals surface area contributed by atoms with Gasteiger partial charge in [0.05, 0.1) is 0 Å². The molecule has 2 aliphatic rings. The van der Waals surface area contributed by atoms with Gasteiger partial charge in [-0.25, -0.2) is 0 Å². The number of benzene rings is 1. The van der Waals surface area contributed by atoms with Crippen molar-refractivity contribution < 1.29 is 4.79 Å². The summed E-state index contributed by atoms with van der Waals surface area (Å²) in [6.45, 7) is 0. The van der Waals surface area contributed by atoms with E-state index in [-0.39, 0.29) is 0 Å². The number of nitrogens with one attached hydrogen (secondary N) is 1. The summed E-state index contributed by atoms with van der Waals surface area (Å²) in [5.41, 5.74) is 1.42. The van der Waals surface area contributed by atoms with Crippen LogP contribution in [0, 0.1) is 11.8 Å². The SMILES string of the molecule is CN(C)C(c1ccccc1)C1CCC(NC(=O)C2CCCC2)CC1. The molecule has 1 aromatic rings. The number of carbonyl (C=O) groups is 1. The van der Waals surface area contributed by atoms with Crippen molar-refractivity contribution in [2.45, 2.75) is 63.5 Å². The minimum atomic E-state index is 0.293. The minimum absolute atomic E-state index is 0.293. The number of amides is 1. The first-order valence-corrected chi connectivity index (χ1v) is 9.67. The van der Waals surface area contributed by atoms with Gasteiger partial charge in [-0.2, -0.15) is 0 Å². The van der Waals surface area contributed by atoms with E-state index in [0.717, 1.165) is 25.7 Å². The fourth-order valence-electron chi connectivity index (χ4n) is 4.73. The van der Waals surface area contributed by atoms with Gasteiger partial charge in [-0.15, -0.1) is 0 Å². The van der Waals surface area contributed by atoms with Crippen LogP contribution in [0.4, 0.5) is 0 Å². The van der Waals surface area contributed by atoms with Crippen molar-refractivity contribution in [3.8, 4) is 0 Å². The molecular formula is C21H32N2O. The Kier molecular flexibility index (Phi) is 5.94. The maximum absolute atomic E-state index is 12.3. The van der Waals surface area contributed by atoms with E-state index in [1.807, 2.05) is 0 Å². The minimum Gasteiger partial charge on any atom is -0.353 e. The van der Waals surface area contributed by atoms with Crippen LogP contribution in [-0.4, -0.2) is 30.9 Å². The van der Waals surface area contributed by atoms with Crippen LogP contribution in [0.1, 0.15) is 63.0 Å². The van der Waals surface area contributed by atoms with Gasteiger partial charge in [0.2, 0.25) is 5.91 Å². The maximum Gasteiger partial charge on any atom is 0.223 e. The summed E-state index contributed by atoms with van der Waals surface area (Å²) < 4.78 is 0. The fraction of sp³-hybridized carbons (Fsp3) is 0.667. The summed E-state index contributed by atoms with van der Waals surface area (Å²) in [6, 6.07) is 11.7. The highest BCUT2D eigenvalue weighted by Crippen LogP contribution is 2.37. The molecule has 0 radical (unpaired) electrons. The maximum atomic E-state index is 12.3. The van der Waals surface area contributed by atoms with E-state index in [1.54, 1.807) is 0 Å². The summed E-state index contributed by atoms with van der Waals surface area (Å²) in [5.74, 6) is 1.30. The fourth-order valence-corrected chi connectivity index (χ4v) is 4.73. The Bertz CT molecular complexity index is 514. The van der Waals surface area contributed by atoms with Crippen molar-refractivity contribution >= 4 is 5.91 Å². The Balaban J connectivity index is 1.54. The Morgan fingerprint density at radius 3 is 2.21 bits per heavy atom. The molecule has 24 heavy (non-hydrogen) atoms. The van der Waals surface area contributed by atoms with Gasteiger partial charge in [0.15, 0.2) is 0 Å². The Morgan fingerprint density at radius 2 is 1.62 bits per heavy atom. The highest BCUT2D eigenvalue weighted by Gasteiger charge is 2.31. The second kappa shape index (κ2) is 8.15. The van der Waals surface area contributed by atoms with Crippen LogP contribution >= 0.6 is 0 Å². The van der Waals surface area contributed by atoms with E-state index >= 15 is 0 Å². The van der Waals surface area contributed by atoms with E-state index in [1.165, 1.54) is 31.2 Å². The van der Waals surface area contributed by atoms with Crippen molar-refractivity contribution in [2.24, 2.45) is 11.8 Å². The topological polar surface area (TPSA) is 32.3 Å². The van der Waals surface area contributed by atoms with Crippen molar-refractivity contribution in [1.29, 1.82) is 0 Å². The van der Waals surface area contributed by atoms with Crippen molar-refractivity contribution in [3.63, 3.8) is 0 Å². The summed E-state index contributed by atoms with van der Waals surface area (Å²) >= 11 is 0. The molecule has 3 rings (SSSR count). The number of hydrogen-bond donors (Lipinski definition) is 1. The highest BCUT2D eigenvalue weighted by molar-refractivity contribution is 5.79. The molecular weight excluding hydrogens is 296 g/mol. The Labute approximate surface area is 146 Å². The van der Waals surface area contributed by atoms with Gasteiger partial charge in [0.1, 0.15) is 0 Å². The smallest absolute Gasteiger partial charge is 0.223 e. The van der Waals surface area contributed by atoms with Gasteiger partial charge >= 0.3 is 0 Å². The van der Waals surface area contributed by atoms with Crippen molar-refractivity contribution in [2.75, 3.05) is 14.1 Å². The van der Waals surface area contributed by atoms with Crippen LogP contribution in [0.15, 0.2) is 30.3 Å². The zero-order chi connectivity index (χ0) is 16.9. The molecule has 2 saturated carbocycles. The molecule has 1 amide bonds. The van der Waals surface area contributed by atoms with Crippen molar-refractivity contribution in [3.05, 3.63) is 35.9 Å². The van der Waals surface area contributed by atoms with Crippen LogP contribution in [-0.2, 0) is 4.79 Å². The average molecular weight is 329 g/mol. The molecule has 0 saturated heterocycles. The number of rotatable bonds is 5. The van der Waals surface area contributed by atoms with E-state index in [9.17, 15) is 4.79 Å². The lowest BCUT2D eigenvalue weighted by Crippen LogP contribution is -2.41. The lowest BCUT2D eigenvalue weighted by atomic mass is 9.78. The second-order valence-corrected chi connectivity index (χ2v) is 7.92. The highest BCUT2D eigenvalue weighted by atomic mass is 16.1. The van der Waals surface area contributed by atoms with E-state index in [4.69, 9.17) is 0 Å². The third-order valence-corrected chi connectivity index (χ3v) is 5.99. The van der Waals surface area contributed by atoms with E-state index in [2.05, 4.69) is 54.6 Å². The molecule has 1 aromatic carbocycles.